The summed E-state index contributed by atoms with van der Waals surface area (Å²) in [5, 5.41) is 2.84. The Hall–Kier alpha value is -1.99. The number of pyridine rings is 2. The number of sulfonamides is 1. The number of hydrogen-bond donors (Lipinski definition) is 2. The van der Waals surface area contributed by atoms with E-state index in [0.717, 1.165) is 5.69 Å². The summed E-state index contributed by atoms with van der Waals surface area (Å²) in [4.78, 5) is 8.14. The van der Waals surface area contributed by atoms with E-state index in [1.807, 2.05) is 18.2 Å². The lowest BCUT2D eigenvalue weighted by molar-refractivity contribution is 0.581. The van der Waals surface area contributed by atoms with Crippen LogP contribution < -0.4 is 10.0 Å². The molecule has 20 heavy (non-hydrogen) atoms. The summed E-state index contributed by atoms with van der Waals surface area (Å²) in [5.74, 6) is 0. The van der Waals surface area contributed by atoms with Gasteiger partial charge in [0.15, 0.2) is 0 Å². The monoisotopic (exact) mass is 292 g/mol. The van der Waals surface area contributed by atoms with Gasteiger partial charge in [-0.2, -0.15) is 0 Å². The van der Waals surface area contributed by atoms with E-state index in [1.165, 1.54) is 6.20 Å². The third kappa shape index (κ3) is 3.52. The van der Waals surface area contributed by atoms with Gasteiger partial charge in [-0.3, -0.25) is 9.97 Å². The number of hydrogen-bond acceptors (Lipinski definition) is 5. The highest BCUT2D eigenvalue weighted by molar-refractivity contribution is 7.89. The van der Waals surface area contributed by atoms with Crippen molar-refractivity contribution in [3.05, 3.63) is 48.5 Å². The van der Waals surface area contributed by atoms with Gasteiger partial charge in [-0.15, -0.1) is 0 Å². The highest BCUT2D eigenvalue weighted by Gasteiger charge is 2.17. The standard InChI is InChI=1S/C13H16N4O2S/c1-14-12-6-8-15-10-13(12)20(18,19)17-9-5-11-4-2-3-7-16-11/h2-4,6-8,10,17H,5,9H2,1H3,(H,14,15). The van der Waals surface area contributed by atoms with E-state index in [4.69, 9.17) is 0 Å². The average Bonchev–Trinajstić information content (AvgIpc) is 2.48. The van der Waals surface area contributed by atoms with Crippen molar-refractivity contribution in [3.8, 4) is 0 Å². The third-order valence-electron chi connectivity index (χ3n) is 2.74. The zero-order valence-electron chi connectivity index (χ0n) is 11.1. The van der Waals surface area contributed by atoms with E-state index in [0.29, 0.717) is 12.1 Å². The lowest BCUT2D eigenvalue weighted by Crippen LogP contribution is -2.27. The van der Waals surface area contributed by atoms with Crippen LogP contribution in [0.3, 0.4) is 0 Å². The lowest BCUT2D eigenvalue weighted by atomic mass is 10.3. The van der Waals surface area contributed by atoms with Crippen molar-refractivity contribution in [2.24, 2.45) is 0 Å². The summed E-state index contributed by atoms with van der Waals surface area (Å²) in [6.07, 6.45) is 5.09. The number of anilines is 1. The van der Waals surface area contributed by atoms with Gasteiger partial charge in [0.2, 0.25) is 10.0 Å². The summed E-state index contributed by atoms with van der Waals surface area (Å²) in [7, 11) is -1.91. The zero-order chi connectivity index (χ0) is 14.4. The first-order valence-corrected chi connectivity index (χ1v) is 7.63. The molecule has 0 radical (unpaired) electrons. The predicted octanol–water partition coefficient (Wildman–Crippen LogP) is 1.04. The molecule has 106 valence electrons. The molecule has 2 heterocycles. The highest BCUT2D eigenvalue weighted by Crippen LogP contribution is 2.18. The number of aromatic nitrogens is 2. The molecule has 0 spiro atoms. The van der Waals surface area contributed by atoms with Gasteiger partial charge in [-0.05, 0) is 18.2 Å². The fourth-order valence-electron chi connectivity index (χ4n) is 1.74. The van der Waals surface area contributed by atoms with Crippen LogP contribution in [0.4, 0.5) is 5.69 Å². The highest BCUT2D eigenvalue weighted by atomic mass is 32.2. The number of nitrogens with zero attached hydrogens (tertiary/aromatic N) is 2. The molecule has 0 unspecified atom stereocenters. The topological polar surface area (TPSA) is 84.0 Å². The molecule has 2 aromatic heterocycles. The van der Waals surface area contributed by atoms with E-state index in [9.17, 15) is 8.42 Å². The molecule has 0 saturated heterocycles. The first-order chi connectivity index (χ1) is 9.63. The summed E-state index contributed by atoms with van der Waals surface area (Å²) in [6, 6.07) is 7.17. The fraction of sp³-hybridized carbons (Fsp3) is 0.231. The number of nitrogens with one attached hydrogen (secondary N) is 2. The summed E-state index contributed by atoms with van der Waals surface area (Å²) >= 11 is 0. The van der Waals surface area contributed by atoms with Crippen LogP contribution in [-0.4, -0.2) is 32.0 Å². The van der Waals surface area contributed by atoms with E-state index < -0.39 is 10.0 Å². The van der Waals surface area contributed by atoms with Gasteiger partial charge in [0.1, 0.15) is 4.90 Å². The molecule has 0 aliphatic carbocycles. The molecular formula is C13H16N4O2S. The van der Waals surface area contributed by atoms with Crippen LogP contribution in [0.15, 0.2) is 47.8 Å². The van der Waals surface area contributed by atoms with Crippen molar-refractivity contribution in [3.63, 3.8) is 0 Å². The van der Waals surface area contributed by atoms with Crippen LogP contribution in [0.2, 0.25) is 0 Å². The van der Waals surface area contributed by atoms with Gasteiger partial charge in [0.25, 0.3) is 0 Å². The second kappa shape index (κ2) is 6.44. The maximum absolute atomic E-state index is 12.2. The Balaban J connectivity index is 2.04. The first kappa shape index (κ1) is 14.4. The van der Waals surface area contributed by atoms with Gasteiger partial charge < -0.3 is 5.32 Å². The van der Waals surface area contributed by atoms with Crippen molar-refractivity contribution in [1.29, 1.82) is 0 Å². The Labute approximate surface area is 118 Å². The van der Waals surface area contributed by atoms with Gasteiger partial charge >= 0.3 is 0 Å². The van der Waals surface area contributed by atoms with Gasteiger partial charge in [0, 0.05) is 44.3 Å². The Morgan fingerprint density at radius 3 is 2.75 bits per heavy atom. The second-order valence-corrected chi connectivity index (χ2v) is 5.83. The fourth-order valence-corrected chi connectivity index (χ4v) is 2.92. The molecular weight excluding hydrogens is 276 g/mol. The van der Waals surface area contributed by atoms with Gasteiger partial charge in [-0.25, -0.2) is 13.1 Å². The molecule has 0 aromatic carbocycles. The summed E-state index contributed by atoms with van der Waals surface area (Å²) in [5.41, 5.74) is 1.36. The van der Waals surface area contributed by atoms with Crippen LogP contribution in [0.1, 0.15) is 5.69 Å². The summed E-state index contributed by atoms with van der Waals surface area (Å²) in [6.45, 7) is 0.289. The Bertz CT molecular complexity index is 659. The average molecular weight is 292 g/mol. The Morgan fingerprint density at radius 1 is 1.20 bits per heavy atom. The Morgan fingerprint density at radius 2 is 2.05 bits per heavy atom. The molecule has 2 rings (SSSR count). The molecule has 6 nitrogen and oxygen atoms in total. The number of rotatable bonds is 6. The van der Waals surface area contributed by atoms with E-state index >= 15 is 0 Å². The second-order valence-electron chi connectivity index (χ2n) is 4.09. The zero-order valence-corrected chi connectivity index (χ0v) is 11.9. The first-order valence-electron chi connectivity index (χ1n) is 6.15. The molecule has 0 atom stereocenters. The van der Waals surface area contributed by atoms with Gasteiger partial charge in [0.05, 0.1) is 5.69 Å². The van der Waals surface area contributed by atoms with Crippen molar-refractivity contribution >= 4 is 15.7 Å². The van der Waals surface area contributed by atoms with Gasteiger partial charge in [-0.1, -0.05) is 6.07 Å². The predicted molar refractivity (Wildman–Crippen MR) is 76.9 cm³/mol. The quantitative estimate of drug-likeness (QED) is 0.831. The normalized spacial score (nSPS) is 11.2. The maximum Gasteiger partial charge on any atom is 0.244 e. The molecule has 0 aliphatic heterocycles. The van der Waals surface area contributed by atoms with Crippen LogP contribution in [0.25, 0.3) is 0 Å². The molecule has 0 bridgehead atoms. The minimum absolute atomic E-state index is 0.142. The van der Waals surface area contributed by atoms with Crippen LogP contribution in [0.5, 0.6) is 0 Å². The van der Waals surface area contributed by atoms with Crippen molar-refractivity contribution in [1.82, 2.24) is 14.7 Å². The van der Waals surface area contributed by atoms with Crippen molar-refractivity contribution < 1.29 is 8.42 Å². The lowest BCUT2D eigenvalue weighted by Gasteiger charge is -2.10. The van der Waals surface area contributed by atoms with E-state index in [2.05, 4.69) is 20.0 Å². The molecule has 7 heteroatoms. The largest absolute Gasteiger partial charge is 0.387 e. The maximum atomic E-state index is 12.2. The molecule has 0 saturated carbocycles. The third-order valence-corrected chi connectivity index (χ3v) is 4.23. The molecule has 2 aromatic rings. The molecule has 2 N–H and O–H groups in total. The summed E-state index contributed by atoms with van der Waals surface area (Å²) < 4.78 is 26.9. The van der Waals surface area contributed by atoms with Crippen LogP contribution in [0, 0.1) is 0 Å². The van der Waals surface area contributed by atoms with Crippen molar-refractivity contribution in [2.75, 3.05) is 18.9 Å². The van der Waals surface area contributed by atoms with Crippen LogP contribution in [-0.2, 0) is 16.4 Å². The molecule has 0 aliphatic rings. The minimum Gasteiger partial charge on any atom is -0.387 e. The molecule has 0 fully saturated rings. The van der Waals surface area contributed by atoms with Crippen molar-refractivity contribution in [2.45, 2.75) is 11.3 Å². The smallest absolute Gasteiger partial charge is 0.244 e. The SMILES string of the molecule is CNc1ccncc1S(=O)(=O)NCCc1ccccn1. The van der Waals surface area contributed by atoms with E-state index in [-0.39, 0.29) is 11.4 Å². The minimum atomic E-state index is -3.58. The van der Waals surface area contributed by atoms with Crippen LogP contribution >= 0.6 is 0 Å². The van der Waals surface area contributed by atoms with E-state index in [1.54, 1.807) is 25.5 Å². The molecule has 0 amide bonds. The Kier molecular flexibility index (Phi) is 4.65.